The Morgan fingerprint density at radius 2 is 1.89 bits per heavy atom. The monoisotopic (exact) mass is 263 g/mol. The molecule has 2 aromatic rings. The molecule has 1 N–H and O–H groups in total. The summed E-state index contributed by atoms with van der Waals surface area (Å²) in [6.07, 6.45) is 5.50. The van der Waals surface area contributed by atoms with Crippen LogP contribution in [0.3, 0.4) is 0 Å². The highest BCUT2D eigenvalue weighted by atomic mass is 19.1. The molecule has 0 radical (unpaired) electrons. The van der Waals surface area contributed by atoms with Gasteiger partial charge >= 0.3 is 0 Å². The van der Waals surface area contributed by atoms with Gasteiger partial charge in [-0.25, -0.2) is 8.78 Å². The van der Waals surface area contributed by atoms with Crippen LogP contribution in [0, 0.1) is 11.6 Å². The van der Waals surface area contributed by atoms with Crippen molar-refractivity contribution in [1.82, 2.24) is 15.3 Å². The van der Waals surface area contributed by atoms with E-state index >= 15 is 0 Å². The Labute approximate surface area is 110 Å². The van der Waals surface area contributed by atoms with Gasteiger partial charge in [-0.1, -0.05) is 0 Å². The van der Waals surface area contributed by atoms with Crippen molar-refractivity contribution in [2.45, 2.75) is 19.4 Å². The van der Waals surface area contributed by atoms with E-state index < -0.39 is 11.6 Å². The van der Waals surface area contributed by atoms with E-state index in [0.717, 1.165) is 11.8 Å². The molecule has 100 valence electrons. The maximum absolute atomic E-state index is 13.0. The molecule has 0 fully saturated rings. The molecule has 1 unspecified atom stereocenters. The molecule has 0 aliphatic carbocycles. The van der Waals surface area contributed by atoms with Crippen molar-refractivity contribution in [3.8, 4) is 0 Å². The van der Waals surface area contributed by atoms with Crippen molar-refractivity contribution in [2.75, 3.05) is 6.54 Å². The molecule has 2 rings (SSSR count). The maximum atomic E-state index is 13.0. The molecule has 19 heavy (non-hydrogen) atoms. The zero-order chi connectivity index (χ0) is 13.7. The van der Waals surface area contributed by atoms with Crippen molar-refractivity contribution < 1.29 is 8.78 Å². The minimum atomic E-state index is -0.544. The van der Waals surface area contributed by atoms with Gasteiger partial charge < -0.3 is 5.32 Å². The summed E-state index contributed by atoms with van der Waals surface area (Å²) in [7, 11) is 0. The van der Waals surface area contributed by atoms with Gasteiger partial charge in [0.05, 0.1) is 5.69 Å². The van der Waals surface area contributed by atoms with Gasteiger partial charge in [-0.3, -0.25) is 9.97 Å². The molecular formula is C14H15F2N3. The van der Waals surface area contributed by atoms with Gasteiger partial charge in [-0.05, 0) is 37.6 Å². The summed E-state index contributed by atoms with van der Waals surface area (Å²) in [5.74, 6) is -1.09. The molecule has 0 aliphatic rings. The molecule has 5 heteroatoms. The molecule has 0 saturated carbocycles. The van der Waals surface area contributed by atoms with Crippen molar-refractivity contribution in [1.29, 1.82) is 0 Å². The normalized spacial score (nSPS) is 12.4. The van der Waals surface area contributed by atoms with E-state index in [4.69, 9.17) is 0 Å². The number of hydrogen-bond donors (Lipinski definition) is 1. The van der Waals surface area contributed by atoms with Gasteiger partial charge in [-0.2, -0.15) is 0 Å². The van der Waals surface area contributed by atoms with E-state index in [2.05, 4.69) is 15.3 Å². The summed E-state index contributed by atoms with van der Waals surface area (Å²) in [5.41, 5.74) is 1.48. The van der Waals surface area contributed by atoms with Gasteiger partial charge in [0.1, 0.15) is 11.6 Å². The third-order valence-corrected chi connectivity index (χ3v) is 2.81. The van der Waals surface area contributed by atoms with E-state index in [9.17, 15) is 8.78 Å². The number of halogens is 2. The average molecular weight is 263 g/mol. The van der Waals surface area contributed by atoms with Crippen molar-refractivity contribution in [3.63, 3.8) is 0 Å². The van der Waals surface area contributed by atoms with Crippen LogP contribution in [0.2, 0.25) is 0 Å². The zero-order valence-corrected chi connectivity index (χ0v) is 10.6. The zero-order valence-electron chi connectivity index (χ0n) is 10.6. The highest BCUT2D eigenvalue weighted by Crippen LogP contribution is 2.10. The number of nitrogens with zero attached hydrogens (tertiary/aromatic N) is 2. The molecule has 1 aromatic heterocycles. The highest BCUT2D eigenvalue weighted by Gasteiger charge is 2.06. The first-order chi connectivity index (χ1) is 9.15. The fraction of sp³-hybridized carbons (Fsp3) is 0.286. The van der Waals surface area contributed by atoms with Gasteiger partial charge in [0.15, 0.2) is 0 Å². The lowest BCUT2D eigenvalue weighted by molar-refractivity contribution is 0.554. The van der Waals surface area contributed by atoms with E-state index in [1.165, 1.54) is 12.1 Å². The fourth-order valence-electron chi connectivity index (χ4n) is 1.83. The largest absolute Gasteiger partial charge is 0.308 e. The lowest BCUT2D eigenvalue weighted by Gasteiger charge is -2.12. The summed E-state index contributed by atoms with van der Waals surface area (Å²) in [6, 6.07) is 3.61. The summed E-state index contributed by atoms with van der Waals surface area (Å²) < 4.78 is 26.0. The second-order valence-electron chi connectivity index (χ2n) is 4.33. The van der Waals surface area contributed by atoms with Crippen LogP contribution in [0.5, 0.6) is 0 Å². The van der Waals surface area contributed by atoms with E-state index in [-0.39, 0.29) is 6.04 Å². The standard InChI is InChI=1S/C14H15F2N3/c1-10(14-9-17-4-5-19-14)18-3-2-11-6-12(15)8-13(16)7-11/h4-10,18H,2-3H2,1H3. The van der Waals surface area contributed by atoms with Gasteiger partial charge in [0.2, 0.25) is 0 Å². The minimum Gasteiger partial charge on any atom is -0.308 e. The molecule has 1 heterocycles. The first-order valence-electron chi connectivity index (χ1n) is 6.09. The fourth-order valence-corrected chi connectivity index (χ4v) is 1.83. The summed E-state index contributed by atoms with van der Waals surface area (Å²) in [6.45, 7) is 2.58. The van der Waals surface area contributed by atoms with Crippen LogP contribution in [0.15, 0.2) is 36.8 Å². The Hall–Kier alpha value is -1.88. The second kappa shape index (κ2) is 6.33. The molecule has 0 saturated heterocycles. The molecule has 0 bridgehead atoms. The van der Waals surface area contributed by atoms with Gasteiger partial charge in [0.25, 0.3) is 0 Å². The van der Waals surface area contributed by atoms with Crippen LogP contribution in [0.1, 0.15) is 24.2 Å². The number of hydrogen-bond acceptors (Lipinski definition) is 3. The first-order valence-corrected chi connectivity index (χ1v) is 6.09. The number of aromatic nitrogens is 2. The minimum absolute atomic E-state index is 0.0482. The Balaban J connectivity index is 1.86. The van der Waals surface area contributed by atoms with Gasteiger partial charge in [0, 0.05) is 30.7 Å². The molecular weight excluding hydrogens is 248 g/mol. The number of benzene rings is 1. The van der Waals surface area contributed by atoms with Crippen LogP contribution in [0.25, 0.3) is 0 Å². The van der Waals surface area contributed by atoms with Gasteiger partial charge in [-0.15, -0.1) is 0 Å². The number of nitrogens with one attached hydrogen (secondary N) is 1. The number of rotatable bonds is 5. The molecule has 0 aliphatic heterocycles. The Bertz CT molecular complexity index is 511. The highest BCUT2D eigenvalue weighted by molar-refractivity contribution is 5.18. The predicted octanol–water partition coefficient (Wildman–Crippen LogP) is 2.65. The predicted molar refractivity (Wildman–Crippen MR) is 68.5 cm³/mol. The molecule has 0 amide bonds. The quantitative estimate of drug-likeness (QED) is 0.901. The topological polar surface area (TPSA) is 37.8 Å². The average Bonchev–Trinajstić information content (AvgIpc) is 2.38. The van der Waals surface area contributed by atoms with Crippen molar-refractivity contribution >= 4 is 0 Å². The molecule has 1 atom stereocenters. The SMILES string of the molecule is CC(NCCc1cc(F)cc(F)c1)c1cnccn1. The van der Waals surface area contributed by atoms with Crippen LogP contribution < -0.4 is 5.32 Å². The Kier molecular flexibility index (Phi) is 4.52. The summed E-state index contributed by atoms with van der Waals surface area (Å²) >= 11 is 0. The van der Waals surface area contributed by atoms with Crippen LogP contribution in [-0.4, -0.2) is 16.5 Å². The van der Waals surface area contributed by atoms with E-state index in [1.54, 1.807) is 18.6 Å². The lowest BCUT2D eigenvalue weighted by Crippen LogP contribution is -2.22. The molecule has 1 aromatic carbocycles. The first kappa shape index (κ1) is 13.5. The van der Waals surface area contributed by atoms with E-state index in [1.807, 2.05) is 6.92 Å². The van der Waals surface area contributed by atoms with Crippen LogP contribution in [-0.2, 0) is 6.42 Å². The lowest BCUT2D eigenvalue weighted by atomic mass is 10.1. The third-order valence-electron chi connectivity index (χ3n) is 2.81. The molecule has 0 spiro atoms. The maximum Gasteiger partial charge on any atom is 0.126 e. The smallest absolute Gasteiger partial charge is 0.126 e. The van der Waals surface area contributed by atoms with Crippen LogP contribution >= 0.6 is 0 Å². The molecule has 3 nitrogen and oxygen atoms in total. The Morgan fingerprint density at radius 1 is 1.16 bits per heavy atom. The summed E-state index contributed by atoms with van der Waals surface area (Å²) in [4.78, 5) is 8.18. The van der Waals surface area contributed by atoms with Crippen LogP contribution in [0.4, 0.5) is 8.78 Å². The van der Waals surface area contributed by atoms with E-state index in [0.29, 0.717) is 18.5 Å². The van der Waals surface area contributed by atoms with Crippen molar-refractivity contribution in [2.24, 2.45) is 0 Å². The Morgan fingerprint density at radius 3 is 2.53 bits per heavy atom. The second-order valence-corrected chi connectivity index (χ2v) is 4.33. The third kappa shape index (κ3) is 4.06. The summed E-state index contributed by atoms with van der Waals surface area (Å²) in [5, 5.41) is 3.24. The van der Waals surface area contributed by atoms with Crippen molar-refractivity contribution in [3.05, 3.63) is 59.7 Å².